The van der Waals surface area contributed by atoms with Gasteiger partial charge in [-0.25, -0.2) is 4.98 Å². The second-order valence-electron chi connectivity index (χ2n) is 4.83. The molecule has 0 aliphatic rings. The molecule has 1 rings (SSSR count). The standard InChI is InChI=1S/C14H25N3O/c1-5-6-7-8-9-15-14-16-12(4)10-13(17-14)18-11(2)3/h10-11H,5-9H2,1-4H3,(H,15,16,17). The van der Waals surface area contributed by atoms with Gasteiger partial charge >= 0.3 is 0 Å². The molecule has 0 amide bonds. The molecule has 0 spiro atoms. The van der Waals surface area contributed by atoms with Crippen LogP contribution in [0.2, 0.25) is 0 Å². The molecule has 1 heterocycles. The predicted octanol–water partition coefficient (Wildman–Crippen LogP) is 3.56. The molecule has 0 radical (unpaired) electrons. The molecule has 0 aromatic carbocycles. The van der Waals surface area contributed by atoms with Gasteiger partial charge in [0, 0.05) is 18.3 Å². The highest BCUT2D eigenvalue weighted by molar-refractivity contribution is 5.30. The van der Waals surface area contributed by atoms with Crippen molar-refractivity contribution in [2.75, 3.05) is 11.9 Å². The Morgan fingerprint density at radius 1 is 1.22 bits per heavy atom. The van der Waals surface area contributed by atoms with Gasteiger partial charge in [-0.2, -0.15) is 4.98 Å². The van der Waals surface area contributed by atoms with Gasteiger partial charge in [0.25, 0.3) is 0 Å². The summed E-state index contributed by atoms with van der Waals surface area (Å²) in [5.41, 5.74) is 0.928. The molecule has 1 aromatic heterocycles. The van der Waals surface area contributed by atoms with E-state index in [0.717, 1.165) is 18.7 Å². The Morgan fingerprint density at radius 2 is 2.00 bits per heavy atom. The minimum atomic E-state index is 0.136. The van der Waals surface area contributed by atoms with Gasteiger partial charge in [-0.15, -0.1) is 0 Å². The van der Waals surface area contributed by atoms with Gasteiger partial charge in [-0.1, -0.05) is 26.2 Å². The number of anilines is 1. The minimum Gasteiger partial charge on any atom is -0.475 e. The van der Waals surface area contributed by atoms with Crippen LogP contribution < -0.4 is 10.1 Å². The van der Waals surface area contributed by atoms with Gasteiger partial charge in [0.1, 0.15) is 0 Å². The summed E-state index contributed by atoms with van der Waals surface area (Å²) >= 11 is 0. The molecular formula is C14H25N3O. The normalized spacial score (nSPS) is 10.7. The lowest BCUT2D eigenvalue weighted by atomic mass is 10.2. The van der Waals surface area contributed by atoms with E-state index in [1.807, 2.05) is 26.8 Å². The van der Waals surface area contributed by atoms with Gasteiger partial charge in [0.15, 0.2) is 0 Å². The van der Waals surface area contributed by atoms with Crippen LogP contribution in [0.3, 0.4) is 0 Å². The first-order chi connectivity index (χ1) is 8.61. The molecule has 1 N–H and O–H groups in total. The van der Waals surface area contributed by atoms with Crippen LogP contribution in [-0.2, 0) is 0 Å². The lowest BCUT2D eigenvalue weighted by Crippen LogP contribution is -2.11. The van der Waals surface area contributed by atoms with Crippen LogP contribution in [-0.4, -0.2) is 22.6 Å². The van der Waals surface area contributed by atoms with Crippen molar-refractivity contribution in [3.63, 3.8) is 0 Å². The lowest BCUT2D eigenvalue weighted by Gasteiger charge is -2.11. The Balaban J connectivity index is 2.46. The topological polar surface area (TPSA) is 47.0 Å². The van der Waals surface area contributed by atoms with Crippen LogP contribution >= 0.6 is 0 Å². The molecule has 0 aliphatic heterocycles. The zero-order chi connectivity index (χ0) is 13.4. The SMILES string of the molecule is CCCCCCNc1nc(C)cc(OC(C)C)n1. The Kier molecular flexibility index (Phi) is 6.47. The van der Waals surface area contributed by atoms with E-state index >= 15 is 0 Å². The Bertz CT molecular complexity index is 353. The molecule has 4 nitrogen and oxygen atoms in total. The van der Waals surface area contributed by atoms with Crippen molar-refractivity contribution in [2.24, 2.45) is 0 Å². The molecule has 0 bridgehead atoms. The van der Waals surface area contributed by atoms with Crippen molar-refractivity contribution in [3.8, 4) is 5.88 Å². The van der Waals surface area contributed by atoms with Crippen molar-refractivity contribution in [2.45, 2.75) is 59.5 Å². The maximum Gasteiger partial charge on any atom is 0.226 e. The first-order valence-electron chi connectivity index (χ1n) is 6.88. The summed E-state index contributed by atoms with van der Waals surface area (Å²) in [7, 11) is 0. The molecular weight excluding hydrogens is 226 g/mol. The number of hydrogen-bond donors (Lipinski definition) is 1. The molecule has 4 heteroatoms. The number of aryl methyl sites for hydroxylation is 1. The summed E-state index contributed by atoms with van der Waals surface area (Å²) in [5, 5.41) is 3.26. The zero-order valence-corrected chi connectivity index (χ0v) is 12.0. The van der Waals surface area contributed by atoms with Crippen LogP contribution in [0.1, 0.15) is 52.1 Å². The summed E-state index contributed by atoms with van der Waals surface area (Å²) in [5.74, 6) is 1.32. The highest BCUT2D eigenvalue weighted by atomic mass is 16.5. The number of rotatable bonds is 8. The second-order valence-corrected chi connectivity index (χ2v) is 4.83. The third-order valence-corrected chi connectivity index (χ3v) is 2.50. The number of ether oxygens (including phenoxy) is 1. The molecule has 0 saturated heterocycles. The molecule has 1 aromatic rings. The molecule has 0 saturated carbocycles. The average molecular weight is 251 g/mol. The average Bonchev–Trinajstić information content (AvgIpc) is 2.27. The van der Waals surface area contributed by atoms with Gasteiger partial charge in [0.05, 0.1) is 6.10 Å². The minimum absolute atomic E-state index is 0.136. The smallest absolute Gasteiger partial charge is 0.226 e. The van der Waals surface area contributed by atoms with E-state index in [2.05, 4.69) is 22.2 Å². The van der Waals surface area contributed by atoms with Crippen molar-refractivity contribution in [1.29, 1.82) is 0 Å². The highest BCUT2D eigenvalue weighted by Crippen LogP contribution is 2.13. The summed E-state index contributed by atoms with van der Waals surface area (Å²) in [6.07, 6.45) is 5.10. The fourth-order valence-electron chi connectivity index (χ4n) is 1.67. The molecule has 0 unspecified atom stereocenters. The highest BCUT2D eigenvalue weighted by Gasteiger charge is 2.04. The molecule has 0 atom stereocenters. The fraction of sp³-hybridized carbons (Fsp3) is 0.714. The number of nitrogens with zero attached hydrogens (tertiary/aromatic N) is 2. The van der Waals surface area contributed by atoms with Gasteiger partial charge in [-0.3, -0.25) is 0 Å². The van der Waals surface area contributed by atoms with Crippen LogP contribution in [0, 0.1) is 6.92 Å². The molecule has 102 valence electrons. The van der Waals surface area contributed by atoms with Crippen LogP contribution in [0.25, 0.3) is 0 Å². The van der Waals surface area contributed by atoms with Crippen LogP contribution in [0.5, 0.6) is 5.88 Å². The van der Waals surface area contributed by atoms with Crippen molar-refractivity contribution in [3.05, 3.63) is 11.8 Å². The van der Waals surface area contributed by atoms with Gasteiger partial charge in [0.2, 0.25) is 11.8 Å². The van der Waals surface area contributed by atoms with Crippen LogP contribution in [0.4, 0.5) is 5.95 Å². The van der Waals surface area contributed by atoms with E-state index in [-0.39, 0.29) is 6.10 Å². The summed E-state index contributed by atoms with van der Waals surface area (Å²) < 4.78 is 5.59. The van der Waals surface area contributed by atoms with Gasteiger partial charge < -0.3 is 10.1 Å². The maximum absolute atomic E-state index is 5.59. The Labute approximate surface area is 110 Å². The zero-order valence-electron chi connectivity index (χ0n) is 12.0. The van der Waals surface area contributed by atoms with Crippen molar-refractivity contribution >= 4 is 5.95 Å². The third kappa shape index (κ3) is 5.84. The Morgan fingerprint density at radius 3 is 2.67 bits per heavy atom. The lowest BCUT2D eigenvalue weighted by molar-refractivity contribution is 0.232. The van der Waals surface area contributed by atoms with Crippen molar-refractivity contribution in [1.82, 2.24) is 9.97 Å². The monoisotopic (exact) mass is 251 g/mol. The summed E-state index contributed by atoms with van der Waals surface area (Å²) in [4.78, 5) is 8.70. The predicted molar refractivity (Wildman–Crippen MR) is 75.2 cm³/mol. The fourth-order valence-corrected chi connectivity index (χ4v) is 1.67. The first kappa shape index (κ1) is 14.7. The van der Waals surface area contributed by atoms with E-state index in [1.54, 1.807) is 0 Å². The summed E-state index contributed by atoms with van der Waals surface area (Å²) in [6, 6.07) is 1.86. The first-order valence-corrected chi connectivity index (χ1v) is 6.88. The van der Waals surface area contributed by atoms with E-state index in [9.17, 15) is 0 Å². The molecule has 0 fully saturated rings. The summed E-state index contributed by atoms with van der Waals surface area (Å²) in [6.45, 7) is 9.08. The number of nitrogens with one attached hydrogen (secondary N) is 1. The maximum atomic E-state index is 5.59. The van der Waals surface area contributed by atoms with Gasteiger partial charge in [-0.05, 0) is 27.2 Å². The number of aromatic nitrogens is 2. The van der Waals surface area contributed by atoms with E-state index < -0.39 is 0 Å². The number of unbranched alkanes of at least 4 members (excludes halogenated alkanes) is 3. The van der Waals surface area contributed by atoms with E-state index in [0.29, 0.717) is 11.8 Å². The molecule has 0 aliphatic carbocycles. The van der Waals surface area contributed by atoms with Crippen molar-refractivity contribution < 1.29 is 4.74 Å². The Hall–Kier alpha value is -1.32. The largest absolute Gasteiger partial charge is 0.475 e. The third-order valence-electron chi connectivity index (χ3n) is 2.50. The quantitative estimate of drug-likeness (QED) is 0.718. The molecule has 18 heavy (non-hydrogen) atoms. The van der Waals surface area contributed by atoms with Crippen LogP contribution in [0.15, 0.2) is 6.07 Å². The second kappa shape index (κ2) is 7.90. The number of hydrogen-bond acceptors (Lipinski definition) is 4. The van der Waals surface area contributed by atoms with E-state index in [1.165, 1.54) is 19.3 Å². The van der Waals surface area contributed by atoms with E-state index in [4.69, 9.17) is 4.74 Å².